The normalized spacial score (nSPS) is 12.3. The number of fused-ring (bicyclic) bond motifs is 9. The zero-order valence-corrected chi connectivity index (χ0v) is 23.5. The fourth-order valence-electron chi connectivity index (χ4n) is 7.34. The molecule has 194 valence electrons. The van der Waals surface area contributed by atoms with Crippen molar-refractivity contribution in [3.8, 4) is 39.1 Å². The Labute approximate surface area is 246 Å². The van der Waals surface area contributed by atoms with Gasteiger partial charge in [-0.1, -0.05) is 103 Å². The van der Waals surface area contributed by atoms with Crippen molar-refractivity contribution >= 4 is 64.1 Å². The largest absolute Gasteiger partial charge is 0.309 e. The van der Waals surface area contributed by atoms with Gasteiger partial charge in [0.05, 0.1) is 11.0 Å². The van der Waals surface area contributed by atoms with Crippen molar-refractivity contribution in [3.63, 3.8) is 0 Å². The monoisotopic (exact) mass is 549 g/mol. The summed E-state index contributed by atoms with van der Waals surface area (Å²) in [6, 6.07) is 51.7. The second-order valence-corrected chi connectivity index (χ2v) is 12.4. The fraction of sp³-hybridized carbons (Fsp3) is 0. The number of para-hydroxylation sites is 1. The molecule has 0 unspecified atom stereocenters. The van der Waals surface area contributed by atoms with Crippen LogP contribution in [0.3, 0.4) is 0 Å². The molecule has 0 radical (unpaired) electrons. The van der Waals surface area contributed by atoms with Gasteiger partial charge in [0.25, 0.3) is 0 Å². The van der Waals surface area contributed by atoms with E-state index < -0.39 is 0 Å². The molecular weight excluding hydrogens is 527 g/mol. The second-order valence-electron chi connectivity index (χ2n) is 11.3. The second kappa shape index (κ2) is 8.19. The van der Waals surface area contributed by atoms with Crippen molar-refractivity contribution in [1.29, 1.82) is 0 Å². The van der Waals surface area contributed by atoms with Crippen LogP contribution in [0, 0.1) is 0 Å². The number of aromatic nitrogens is 1. The maximum atomic E-state index is 2.45. The Morgan fingerprint density at radius 2 is 1.07 bits per heavy atom. The van der Waals surface area contributed by atoms with E-state index in [0.29, 0.717) is 0 Å². The Kier molecular flexibility index (Phi) is 4.39. The Morgan fingerprint density at radius 1 is 0.381 bits per heavy atom. The molecule has 2 heteroatoms. The lowest BCUT2D eigenvalue weighted by atomic mass is 9.94. The van der Waals surface area contributed by atoms with E-state index in [4.69, 9.17) is 0 Å². The predicted octanol–water partition coefficient (Wildman–Crippen LogP) is 11.6. The maximum absolute atomic E-state index is 2.45. The van der Waals surface area contributed by atoms with Crippen molar-refractivity contribution in [2.75, 3.05) is 0 Å². The summed E-state index contributed by atoms with van der Waals surface area (Å²) in [5.41, 5.74) is 11.5. The molecule has 0 saturated carbocycles. The van der Waals surface area contributed by atoms with Gasteiger partial charge in [-0.25, -0.2) is 0 Å². The lowest BCUT2D eigenvalue weighted by Gasteiger charge is -2.13. The van der Waals surface area contributed by atoms with Crippen molar-refractivity contribution in [3.05, 3.63) is 140 Å². The topological polar surface area (TPSA) is 4.93 Å². The van der Waals surface area contributed by atoms with Gasteiger partial charge in [-0.15, -0.1) is 11.3 Å². The Hall–Kier alpha value is -5.18. The van der Waals surface area contributed by atoms with Crippen LogP contribution in [0.2, 0.25) is 0 Å². The summed E-state index contributed by atoms with van der Waals surface area (Å²) in [6.07, 6.45) is 0. The summed E-state index contributed by atoms with van der Waals surface area (Å²) in [6.45, 7) is 0. The third-order valence-corrected chi connectivity index (χ3v) is 10.3. The number of thiophene rings is 1. The Balaban J connectivity index is 1.24. The summed E-state index contributed by atoms with van der Waals surface area (Å²) in [7, 11) is 0. The van der Waals surface area contributed by atoms with Gasteiger partial charge in [0, 0.05) is 36.6 Å². The number of rotatable bonds is 2. The molecule has 0 spiro atoms. The highest BCUT2D eigenvalue weighted by Crippen LogP contribution is 2.49. The van der Waals surface area contributed by atoms with E-state index in [-0.39, 0.29) is 0 Å². The summed E-state index contributed by atoms with van der Waals surface area (Å²) < 4.78 is 5.14. The molecule has 0 fully saturated rings. The molecule has 42 heavy (non-hydrogen) atoms. The van der Waals surface area contributed by atoms with Crippen molar-refractivity contribution in [2.24, 2.45) is 0 Å². The molecular formula is C40H23NS. The Bertz CT molecular complexity index is 2550. The Morgan fingerprint density at radius 3 is 1.98 bits per heavy atom. The fourth-order valence-corrected chi connectivity index (χ4v) is 8.46. The SMILES string of the molecule is c1cc(-c2ccc3c4c(cccc24)-c2ccccc2-3)cc(-n2c3ccccc3c3cc4sc5ccccc5c4cc32)c1. The molecule has 9 aromatic rings. The molecule has 0 saturated heterocycles. The average Bonchev–Trinajstić information content (AvgIpc) is 3.69. The highest BCUT2D eigenvalue weighted by molar-refractivity contribution is 7.25. The molecule has 1 aliphatic carbocycles. The molecule has 10 rings (SSSR count). The first-order chi connectivity index (χ1) is 20.8. The van der Waals surface area contributed by atoms with Gasteiger partial charge in [0.1, 0.15) is 0 Å². The molecule has 0 aliphatic heterocycles. The summed E-state index contributed by atoms with van der Waals surface area (Å²) in [4.78, 5) is 0. The van der Waals surface area contributed by atoms with Crippen molar-refractivity contribution < 1.29 is 0 Å². The van der Waals surface area contributed by atoms with Gasteiger partial charge in [-0.3, -0.25) is 0 Å². The predicted molar refractivity (Wildman–Crippen MR) is 181 cm³/mol. The number of hydrogen-bond donors (Lipinski definition) is 0. The van der Waals surface area contributed by atoms with Crippen LogP contribution >= 0.6 is 11.3 Å². The van der Waals surface area contributed by atoms with Crippen LogP contribution in [0.1, 0.15) is 0 Å². The quantitative estimate of drug-likeness (QED) is 0.202. The van der Waals surface area contributed by atoms with E-state index in [2.05, 4.69) is 144 Å². The molecule has 2 aromatic heterocycles. The molecule has 7 aromatic carbocycles. The molecule has 0 atom stereocenters. The minimum absolute atomic E-state index is 1.18. The van der Waals surface area contributed by atoms with E-state index in [9.17, 15) is 0 Å². The van der Waals surface area contributed by atoms with Gasteiger partial charge in [0.2, 0.25) is 0 Å². The molecule has 1 nitrogen and oxygen atoms in total. The molecule has 1 aliphatic rings. The van der Waals surface area contributed by atoms with Crippen LogP contribution < -0.4 is 0 Å². The van der Waals surface area contributed by atoms with Crippen molar-refractivity contribution in [2.45, 2.75) is 0 Å². The van der Waals surface area contributed by atoms with Gasteiger partial charge in [-0.2, -0.15) is 0 Å². The van der Waals surface area contributed by atoms with Crippen molar-refractivity contribution in [1.82, 2.24) is 4.57 Å². The zero-order valence-electron chi connectivity index (χ0n) is 22.6. The summed E-state index contributed by atoms with van der Waals surface area (Å²) in [5.74, 6) is 0. The third kappa shape index (κ3) is 2.92. The molecule has 0 bridgehead atoms. The van der Waals surface area contributed by atoms with E-state index in [1.807, 2.05) is 11.3 Å². The standard InChI is InChI=1S/C40H23NS/c1-2-12-28-27(11-1)32-16-8-15-31-26(19-20-33(28)40(31)32)24-9-7-10-25(21-24)41-36-17-5-3-13-29(36)34-23-39-35(22-37(34)41)30-14-4-6-18-38(30)42-39/h1-23H. The van der Waals surface area contributed by atoms with Crippen LogP contribution in [0.25, 0.3) is 91.8 Å². The molecule has 0 N–H and O–H groups in total. The summed E-state index contributed by atoms with van der Waals surface area (Å²) >= 11 is 1.88. The van der Waals surface area contributed by atoms with Gasteiger partial charge in [0.15, 0.2) is 0 Å². The average molecular weight is 550 g/mol. The highest BCUT2D eigenvalue weighted by Gasteiger charge is 2.22. The van der Waals surface area contributed by atoms with Crippen LogP contribution in [0.4, 0.5) is 0 Å². The third-order valence-electron chi connectivity index (χ3n) is 9.13. The first-order valence-corrected chi connectivity index (χ1v) is 15.3. The number of nitrogens with zero attached hydrogens (tertiary/aromatic N) is 1. The molecule has 2 heterocycles. The van der Waals surface area contributed by atoms with Gasteiger partial charge < -0.3 is 4.57 Å². The smallest absolute Gasteiger partial charge is 0.0548 e. The van der Waals surface area contributed by atoms with E-state index >= 15 is 0 Å². The van der Waals surface area contributed by atoms with E-state index in [1.54, 1.807) is 0 Å². The minimum atomic E-state index is 1.18. The number of benzene rings is 7. The summed E-state index contributed by atoms with van der Waals surface area (Å²) in [5, 5.41) is 7.94. The lowest BCUT2D eigenvalue weighted by molar-refractivity contribution is 1.18. The highest BCUT2D eigenvalue weighted by atomic mass is 32.1. The first kappa shape index (κ1) is 22.5. The lowest BCUT2D eigenvalue weighted by Crippen LogP contribution is -1.94. The van der Waals surface area contributed by atoms with Crippen LogP contribution in [0.15, 0.2) is 140 Å². The van der Waals surface area contributed by atoms with Crippen LogP contribution in [0.5, 0.6) is 0 Å². The van der Waals surface area contributed by atoms with E-state index in [0.717, 1.165) is 0 Å². The first-order valence-electron chi connectivity index (χ1n) is 14.4. The zero-order chi connectivity index (χ0) is 27.4. The van der Waals surface area contributed by atoms with Gasteiger partial charge in [-0.05, 0) is 80.6 Å². The van der Waals surface area contributed by atoms with E-state index in [1.165, 1.54) is 91.8 Å². The van der Waals surface area contributed by atoms with Gasteiger partial charge >= 0.3 is 0 Å². The van der Waals surface area contributed by atoms with Crippen LogP contribution in [-0.4, -0.2) is 4.57 Å². The maximum Gasteiger partial charge on any atom is 0.0548 e. The minimum Gasteiger partial charge on any atom is -0.309 e. The number of hydrogen-bond acceptors (Lipinski definition) is 1. The molecule has 0 amide bonds. The van der Waals surface area contributed by atoms with Crippen LogP contribution in [-0.2, 0) is 0 Å².